The number of carbonyl (C=O) groups excluding carboxylic acids is 1. The van der Waals surface area contributed by atoms with Gasteiger partial charge in [-0.2, -0.15) is 0 Å². The summed E-state index contributed by atoms with van der Waals surface area (Å²) >= 11 is 0. The summed E-state index contributed by atoms with van der Waals surface area (Å²) in [4.78, 5) is 11.4. The Morgan fingerprint density at radius 2 is 2.14 bits per heavy atom. The van der Waals surface area contributed by atoms with E-state index in [2.05, 4.69) is 0 Å². The second-order valence-corrected chi connectivity index (χ2v) is 3.55. The maximum Gasteiger partial charge on any atom is 0.139 e. The van der Waals surface area contributed by atoms with E-state index in [1.807, 2.05) is 13.8 Å². The van der Waals surface area contributed by atoms with Gasteiger partial charge in [0, 0.05) is 12.3 Å². The first kappa shape index (κ1) is 10.9. The molecule has 76 valence electrons. The molecule has 1 aromatic carbocycles. The highest BCUT2D eigenvalue weighted by atomic mass is 19.1. The smallest absolute Gasteiger partial charge is 0.139 e. The SMILES string of the molecule is CCC(=O)C(C)c1ccc(F)c(C)c1. The highest BCUT2D eigenvalue weighted by Crippen LogP contribution is 2.20. The molecule has 0 aliphatic carbocycles. The monoisotopic (exact) mass is 194 g/mol. The van der Waals surface area contributed by atoms with Crippen LogP contribution < -0.4 is 0 Å². The highest BCUT2D eigenvalue weighted by molar-refractivity contribution is 5.85. The number of hydrogen-bond acceptors (Lipinski definition) is 1. The van der Waals surface area contributed by atoms with Gasteiger partial charge in [-0.05, 0) is 24.1 Å². The number of ketones is 1. The van der Waals surface area contributed by atoms with Crippen molar-refractivity contribution in [3.05, 3.63) is 35.1 Å². The van der Waals surface area contributed by atoms with Gasteiger partial charge in [0.05, 0.1) is 0 Å². The van der Waals surface area contributed by atoms with E-state index < -0.39 is 0 Å². The molecule has 0 aliphatic heterocycles. The van der Waals surface area contributed by atoms with Gasteiger partial charge in [0.2, 0.25) is 0 Å². The van der Waals surface area contributed by atoms with Crippen LogP contribution in [0.4, 0.5) is 4.39 Å². The molecule has 1 unspecified atom stereocenters. The van der Waals surface area contributed by atoms with Crippen molar-refractivity contribution in [3.8, 4) is 0 Å². The van der Waals surface area contributed by atoms with Crippen molar-refractivity contribution in [2.45, 2.75) is 33.1 Å². The minimum atomic E-state index is -0.218. The Labute approximate surface area is 83.9 Å². The Morgan fingerprint density at radius 3 is 2.64 bits per heavy atom. The van der Waals surface area contributed by atoms with Crippen molar-refractivity contribution < 1.29 is 9.18 Å². The maximum atomic E-state index is 13.0. The average molecular weight is 194 g/mol. The molecule has 2 heteroatoms. The van der Waals surface area contributed by atoms with Crippen LogP contribution in [0.15, 0.2) is 18.2 Å². The molecule has 0 N–H and O–H groups in total. The molecule has 0 aliphatic rings. The molecule has 0 fully saturated rings. The lowest BCUT2D eigenvalue weighted by Gasteiger charge is -2.10. The van der Waals surface area contributed by atoms with Gasteiger partial charge < -0.3 is 0 Å². The molecule has 1 rings (SSSR count). The number of aryl methyl sites for hydroxylation is 1. The van der Waals surface area contributed by atoms with Crippen molar-refractivity contribution in [1.82, 2.24) is 0 Å². The third-order valence-electron chi connectivity index (χ3n) is 2.51. The van der Waals surface area contributed by atoms with Gasteiger partial charge in [-0.15, -0.1) is 0 Å². The van der Waals surface area contributed by atoms with E-state index >= 15 is 0 Å². The quantitative estimate of drug-likeness (QED) is 0.722. The predicted molar refractivity (Wildman–Crippen MR) is 54.9 cm³/mol. The molecular formula is C12H15FO. The van der Waals surface area contributed by atoms with Crippen molar-refractivity contribution >= 4 is 5.78 Å². The molecule has 0 heterocycles. The lowest BCUT2D eigenvalue weighted by molar-refractivity contribution is -0.119. The predicted octanol–water partition coefficient (Wildman–Crippen LogP) is 3.22. The summed E-state index contributed by atoms with van der Waals surface area (Å²) in [5, 5.41) is 0. The van der Waals surface area contributed by atoms with Gasteiger partial charge in [0.15, 0.2) is 0 Å². The summed E-state index contributed by atoms with van der Waals surface area (Å²) in [6.07, 6.45) is 0.525. The molecule has 0 spiro atoms. The zero-order chi connectivity index (χ0) is 10.7. The molecule has 0 saturated heterocycles. The zero-order valence-corrected chi connectivity index (χ0v) is 8.80. The van der Waals surface area contributed by atoms with E-state index in [4.69, 9.17) is 0 Å². The number of Topliss-reactive ketones (excluding diaryl/α,β-unsaturated/α-hetero) is 1. The van der Waals surface area contributed by atoms with E-state index in [0.29, 0.717) is 12.0 Å². The summed E-state index contributed by atoms with van der Waals surface area (Å²) in [5.74, 6) is -0.153. The molecule has 0 saturated carbocycles. The fourth-order valence-electron chi connectivity index (χ4n) is 1.43. The third kappa shape index (κ3) is 2.19. The Hall–Kier alpha value is -1.18. The molecular weight excluding hydrogens is 179 g/mol. The first-order valence-corrected chi connectivity index (χ1v) is 4.85. The van der Waals surface area contributed by atoms with Crippen LogP contribution >= 0.6 is 0 Å². The van der Waals surface area contributed by atoms with E-state index in [-0.39, 0.29) is 17.5 Å². The zero-order valence-electron chi connectivity index (χ0n) is 8.80. The lowest BCUT2D eigenvalue weighted by Crippen LogP contribution is -2.07. The maximum absolute atomic E-state index is 13.0. The van der Waals surface area contributed by atoms with Crippen molar-refractivity contribution in [1.29, 1.82) is 0 Å². The summed E-state index contributed by atoms with van der Waals surface area (Å²) in [6.45, 7) is 5.41. The number of hydrogen-bond donors (Lipinski definition) is 0. The Morgan fingerprint density at radius 1 is 1.50 bits per heavy atom. The first-order chi connectivity index (χ1) is 6.56. The molecule has 0 aromatic heterocycles. The molecule has 0 bridgehead atoms. The van der Waals surface area contributed by atoms with Crippen LogP contribution in [-0.4, -0.2) is 5.78 Å². The molecule has 14 heavy (non-hydrogen) atoms. The second kappa shape index (κ2) is 4.36. The van der Waals surface area contributed by atoms with Crippen molar-refractivity contribution in [3.63, 3.8) is 0 Å². The van der Waals surface area contributed by atoms with Gasteiger partial charge in [0.25, 0.3) is 0 Å². The van der Waals surface area contributed by atoms with E-state index in [9.17, 15) is 9.18 Å². The van der Waals surface area contributed by atoms with Crippen LogP contribution in [0.2, 0.25) is 0 Å². The fourth-order valence-corrected chi connectivity index (χ4v) is 1.43. The van der Waals surface area contributed by atoms with Crippen LogP contribution in [-0.2, 0) is 4.79 Å². The van der Waals surface area contributed by atoms with E-state index in [1.165, 1.54) is 6.07 Å². The van der Waals surface area contributed by atoms with Crippen LogP contribution in [0.25, 0.3) is 0 Å². The van der Waals surface area contributed by atoms with Crippen LogP contribution in [0, 0.1) is 12.7 Å². The fraction of sp³-hybridized carbons (Fsp3) is 0.417. The number of carbonyl (C=O) groups is 1. The van der Waals surface area contributed by atoms with Crippen LogP contribution in [0.1, 0.15) is 37.3 Å². The minimum absolute atomic E-state index is 0.126. The van der Waals surface area contributed by atoms with Crippen molar-refractivity contribution in [2.24, 2.45) is 0 Å². The second-order valence-electron chi connectivity index (χ2n) is 3.55. The Bertz CT molecular complexity index is 344. The summed E-state index contributed by atoms with van der Waals surface area (Å²) in [6, 6.07) is 4.85. The number of halogens is 1. The standard InChI is InChI=1S/C12H15FO/c1-4-12(14)9(3)10-5-6-11(13)8(2)7-10/h5-7,9H,4H2,1-3H3. The molecule has 0 amide bonds. The van der Waals surface area contributed by atoms with Gasteiger partial charge in [-0.3, -0.25) is 4.79 Å². The normalized spacial score (nSPS) is 12.6. The lowest BCUT2D eigenvalue weighted by atomic mass is 9.94. The number of benzene rings is 1. The first-order valence-electron chi connectivity index (χ1n) is 4.85. The Balaban J connectivity index is 2.96. The van der Waals surface area contributed by atoms with E-state index in [1.54, 1.807) is 19.1 Å². The van der Waals surface area contributed by atoms with Gasteiger partial charge in [-0.25, -0.2) is 4.39 Å². The van der Waals surface area contributed by atoms with Crippen LogP contribution in [0.3, 0.4) is 0 Å². The van der Waals surface area contributed by atoms with E-state index in [0.717, 1.165) is 5.56 Å². The van der Waals surface area contributed by atoms with Gasteiger partial charge >= 0.3 is 0 Å². The highest BCUT2D eigenvalue weighted by Gasteiger charge is 2.13. The molecule has 0 radical (unpaired) electrons. The molecule has 1 aromatic rings. The topological polar surface area (TPSA) is 17.1 Å². The largest absolute Gasteiger partial charge is 0.299 e. The molecule has 1 atom stereocenters. The van der Waals surface area contributed by atoms with Gasteiger partial charge in [0.1, 0.15) is 11.6 Å². The summed E-state index contributed by atoms with van der Waals surface area (Å²) < 4.78 is 13.0. The average Bonchev–Trinajstić information content (AvgIpc) is 2.20. The third-order valence-corrected chi connectivity index (χ3v) is 2.51. The minimum Gasteiger partial charge on any atom is -0.299 e. The summed E-state index contributed by atoms with van der Waals surface area (Å²) in [5.41, 5.74) is 1.49. The molecule has 1 nitrogen and oxygen atoms in total. The van der Waals surface area contributed by atoms with Crippen molar-refractivity contribution in [2.75, 3.05) is 0 Å². The van der Waals surface area contributed by atoms with Gasteiger partial charge in [-0.1, -0.05) is 26.0 Å². The number of rotatable bonds is 3. The Kier molecular flexibility index (Phi) is 3.39. The summed E-state index contributed by atoms with van der Waals surface area (Å²) in [7, 11) is 0. The van der Waals surface area contributed by atoms with Crippen LogP contribution in [0.5, 0.6) is 0 Å².